The van der Waals surface area contributed by atoms with E-state index in [0.717, 1.165) is 25.2 Å². The number of morpholine rings is 1. The van der Waals surface area contributed by atoms with E-state index in [4.69, 9.17) is 14.6 Å². The van der Waals surface area contributed by atoms with Gasteiger partial charge in [0.1, 0.15) is 0 Å². The molecule has 2 atom stereocenters. The van der Waals surface area contributed by atoms with Gasteiger partial charge < -0.3 is 14.7 Å². The highest BCUT2D eigenvalue weighted by atomic mass is 32.2. The van der Waals surface area contributed by atoms with E-state index >= 15 is 0 Å². The zero-order valence-corrected chi connectivity index (χ0v) is 17.6. The Morgan fingerprint density at radius 2 is 1.93 bits per heavy atom. The SMILES string of the molecule is CN(C)S(=O)(=O)N1CCO[C@@H](CN2CCCCC2)[C@@H]1c1cnn(C)c1.O=CO. The van der Waals surface area contributed by atoms with Crippen molar-refractivity contribution in [3.8, 4) is 0 Å². The van der Waals surface area contributed by atoms with Gasteiger partial charge in [0.2, 0.25) is 0 Å². The Kier molecular flexibility index (Phi) is 8.38. The Morgan fingerprint density at radius 3 is 2.46 bits per heavy atom. The van der Waals surface area contributed by atoms with Crippen LogP contribution in [-0.4, -0.2) is 96.3 Å². The highest BCUT2D eigenvalue weighted by molar-refractivity contribution is 7.86. The standard InChI is InChI=1S/C16H29N5O3S.CH2O2/c1-18(2)25(22,23)21-9-10-24-15(13-20-7-5-4-6-8-20)16(21)14-11-17-19(3)12-14;2-1-3/h11-12,15-16H,4-10,13H2,1-3H3;1H,(H,2,3)/t15-,16-;/m0./s1. The number of hydrogen-bond acceptors (Lipinski definition) is 6. The Morgan fingerprint density at radius 1 is 1.29 bits per heavy atom. The molecule has 10 nitrogen and oxygen atoms in total. The van der Waals surface area contributed by atoms with Gasteiger partial charge in [-0.15, -0.1) is 0 Å². The molecule has 160 valence electrons. The number of hydrogen-bond donors (Lipinski definition) is 1. The van der Waals surface area contributed by atoms with E-state index in [1.54, 1.807) is 29.3 Å². The van der Waals surface area contributed by atoms with Crippen molar-refractivity contribution < 1.29 is 23.1 Å². The summed E-state index contributed by atoms with van der Waals surface area (Å²) in [5.74, 6) is 0. The molecule has 3 heterocycles. The summed E-state index contributed by atoms with van der Waals surface area (Å²) in [6.07, 6.45) is 7.12. The van der Waals surface area contributed by atoms with E-state index in [1.807, 2.05) is 13.2 Å². The number of carboxylic acid groups (broad SMARTS) is 1. The summed E-state index contributed by atoms with van der Waals surface area (Å²) in [5, 5.41) is 11.1. The second kappa shape index (κ2) is 10.3. The van der Waals surface area contributed by atoms with Crippen LogP contribution in [0.5, 0.6) is 0 Å². The van der Waals surface area contributed by atoms with Gasteiger partial charge in [-0.3, -0.25) is 9.48 Å². The summed E-state index contributed by atoms with van der Waals surface area (Å²) in [6, 6.07) is -0.350. The van der Waals surface area contributed by atoms with Gasteiger partial charge in [-0.25, -0.2) is 0 Å². The number of piperidine rings is 1. The highest BCUT2D eigenvalue weighted by Gasteiger charge is 2.42. The van der Waals surface area contributed by atoms with Crippen molar-refractivity contribution >= 4 is 16.7 Å². The maximum atomic E-state index is 12.9. The Labute approximate surface area is 166 Å². The quantitative estimate of drug-likeness (QED) is 0.680. The van der Waals surface area contributed by atoms with Crippen LogP contribution in [-0.2, 0) is 26.8 Å². The number of aromatic nitrogens is 2. The molecule has 11 heteroatoms. The highest BCUT2D eigenvalue weighted by Crippen LogP contribution is 2.33. The lowest BCUT2D eigenvalue weighted by atomic mass is 10.0. The lowest BCUT2D eigenvalue weighted by Gasteiger charge is -2.42. The lowest BCUT2D eigenvalue weighted by Crippen LogP contribution is -2.54. The molecule has 2 aliphatic rings. The van der Waals surface area contributed by atoms with Crippen molar-refractivity contribution in [2.75, 3.05) is 46.9 Å². The van der Waals surface area contributed by atoms with Crippen LogP contribution in [0.3, 0.4) is 0 Å². The maximum Gasteiger partial charge on any atom is 0.290 e. The van der Waals surface area contributed by atoms with E-state index in [0.29, 0.717) is 13.2 Å². The van der Waals surface area contributed by atoms with Crippen LogP contribution in [0, 0.1) is 0 Å². The smallest absolute Gasteiger partial charge is 0.290 e. The first-order valence-electron chi connectivity index (χ1n) is 9.41. The number of ether oxygens (including phenoxy) is 1. The topological polar surface area (TPSA) is 108 Å². The molecule has 1 aromatic heterocycles. The Balaban J connectivity index is 0.000000878. The first-order valence-corrected chi connectivity index (χ1v) is 10.8. The predicted octanol–water partition coefficient (Wildman–Crippen LogP) is 0.155. The molecule has 2 fully saturated rings. The van der Waals surface area contributed by atoms with E-state index in [9.17, 15) is 8.42 Å². The van der Waals surface area contributed by atoms with Crippen LogP contribution in [0.4, 0.5) is 0 Å². The molecule has 0 amide bonds. The fraction of sp³-hybridized carbons (Fsp3) is 0.765. The number of aryl methyl sites for hydroxylation is 1. The third kappa shape index (κ3) is 5.51. The number of nitrogens with zero attached hydrogens (tertiary/aromatic N) is 5. The molecule has 2 saturated heterocycles. The molecule has 0 aliphatic carbocycles. The van der Waals surface area contributed by atoms with Gasteiger partial charge in [0.25, 0.3) is 16.7 Å². The van der Waals surface area contributed by atoms with Gasteiger partial charge in [0, 0.05) is 46.0 Å². The Hall–Kier alpha value is -1.53. The van der Waals surface area contributed by atoms with Gasteiger partial charge in [-0.05, 0) is 25.9 Å². The molecule has 2 aliphatic heterocycles. The zero-order valence-electron chi connectivity index (χ0n) is 16.8. The molecule has 0 saturated carbocycles. The van der Waals surface area contributed by atoms with Crippen LogP contribution in [0.15, 0.2) is 12.4 Å². The molecule has 0 bridgehead atoms. The predicted molar refractivity (Wildman–Crippen MR) is 104 cm³/mol. The normalized spacial score (nSPS) is 24.6. The van der Waals surface area contributed by atoms with Crippen LogP contribution in [0.1, 0.15) is 30.9 Å². The summed E-state index contributed by atoms with van der Waals surface area (Å²) in [6.45, 7) is 3.39. The molecule has 28 heavy (non-hydrogen) atoms. The maximum absolute atomic E-state index is 12.9. The van der Waals surface area contributed by atoms with Crippen LogP contribution in [0.2, 0.25) is 0 Å². The van der Waals surface area contributed by atoms with Crippen LogP contribution >= 0.6 is 0 Å². The fourth-order valence-electron chi connectivity index (χ4n) is 3.70. The van der Waals surface area contributed by atoms with Gasteiger partial charge in [-0.2, -0.15) is 22.1 Å². The minimum absolute atomic E-state index is 0.189. The number of rotatable bonds is 5. The summed E-state index contributed by atoms with van der Waals surface area (Å²) >= 11 is 0. The van der Waals surface area contributed by atoms with Crippen molar-refractivity contribution in [3.63, 3.8) is 0 Å². The number of carbonyl (C=O) groups is 1. The van der Waals surface area contributed by atoms with Crippen molar-refractivity contribution in [1.29, 1.82) is 0 Å². The average molecular weight is 418 g/mol. The zero-order chi connectivity index (χ0) is 20.7. The average Bonchev–Trinajstić information content (AvgIpc) is 3.09. The first kappa shape index (κ1) is 22.8. The van der Waals surface area contributed by atoms with E-state index < -0.39 is 10.2 Å². The van der Waals surface area contributed by atoms with Crippen molar-refractivity contribution in [1.82, 2.24) is 23.3 Å². The van der Waals surface area contributed by atoms with Crippen molar-refractivity contribution in [3.05, 3.63) is 18.0 Å². The second-order valence-corrected chi connectivity index (χ2v) is 9.26. The van der Waals surface area contributed by atoms with E-state index in [2.05, 4.69) is 10.00 Å². The molecule has 0 radical (unpaired) electrons. The summed E-state index contributed by atoms with van der Waals surface area (Å²) in [5.41, 5.74) is 0.884. The third-order valence-electron chi connectivity index (χ3n) is 5.02. The summed E-state index contributed by atoms with van der Waals surface area (Å²) in [7, 11) is 1.46. The third-order valence-corrected chi connectivity index (χ3v) is 6.94. The van der Waals surface area contributed by atoms with E-state index in [1.165, 1.54) is 23.6 Å². The summed E-state index contributed by atoms with van der Waals surface area (Å²) in [4.78, 5) is 10.8. The second-order valence-electron chi connectivity index (χ2n) is 7.17. The van der Waals surface area contributed by atoms with Crippen LogP contribution < -0.4 is 0 Å². The van der Waals surface area contributed by atoms with Gasteiger partial charge in [0.05, 0.1) is 24.9 Å². The minimum atomic E-state index is -3.53. The molecule has 3 rings (SSSR count). The van der Waals surface area contributed by atoms with Crippen LogP contribution in [0.25, 0.3) is 0 Å². The van der Waals surface area contributed by atoms with Crippen molar-refractivity contribution in [2.45, 2.75) is 31.4 Å². The summed E-state index contributed by atoms with van der Waals surface area (Å²) < 4.78 is 36.4. The molecule has 0 aromatic carbocycles. The van der Waals surface area contributed by atoms with Gasteiger partial charge in [0.15, 0.2) is 0 Å². The largest absolute Gasteiger partial charge is 0.483 e. The van der Waals surface area contributed by atoms with Gasteiger partial charge in [-0.1, -0.05) is 6.42 Å². The lowest BCUT2D eigenvalue weighted by molar-refractivity contribution is -0.122. The molecular weight excluding hydrogens is 386 g/mol. The molecule has 1 aromatic rings. The van der Waals surface area contributed by atoms with Gasteiger partial charge >= 0.3 is 0 Å². The first-order chi connectivity index (χ1) is 13.3. The molecular formula is C17H31N5O5S. The number of likely N-dealkylation sites (tertiary alicyclic amines) is 1. The molecule has 0 unspecified atom stereocenters. The monoisotopic (exact) mass is 417 g/mol. The van der Waals surface area contributed by atoms with Crippen molar-refractivity contribution in [2.24, 2.45) is 7.05 Å². The molecule has 1 N–H and O–H groups in total. The van der Waals surface area contributed by atoms with E-state index in [-0.39, 0.29) is 18.6 Å². The minimum Gasteiger partial charge on any atom is -0.483 e. The molecule has 0 spiro atoms. The Bertz CT molecular complexity index is 717. The fourth-order valence-corrected chi connectivity index (χ4v) is 4.97.